The fraction of sp³-hybridized carbons (Fsp3) is 0.516. The van der Waals surface area contributed by atoms with E-state index in [-0.39, 0.29) is 22.2 Å². The van der Waals surface area contributed by atoms with Crippen molar-refractivity contribution < 1.29 is 8.78 Å². The van der Waals surface area contributed by atoms with E-state index in [0.717, 1.165) is 71.0 Å². The molecule has 1 aromatic heterocycles. The van der Waals surface area contributed by atoms with Gasteiger partial charge in [-0.2, -0.15) is 5.10 Å². The third kappa shape index (κ3) is 14.0. The van der Waals surface area contributed by atoms with Crippen molar-refractivity contribution in [3.05, 3.63) is 160 Å². The maximum atomic E-state index is 15.5. The number of hydrogen-bond acceptors (Lipinski definition) is 6. The number of nitrogens with one attached hydrogen (secondary N) is 2. The lowest BCUT2D eigenvalue weighted by atomic mass is 9.79. The van der Waals surface area contributed by atoms with E-state index in [1.165, 1.54) is 106 Å². The predicted molar refractivity (Wildman–Crippen MR) is 311 cm³/mol. The highest BCUT2D eigenvalue weighted by atomic mass is 35.5. The Morgan fingerprint density at radius 3 is 2.16 bits per heavy atom. The first-order valence-electron chi connectivity index (χ1n) is 28.0. The van der Waals surface area contributed by atoms with Gasteiger partial charge in [-0.15, -0.1) is 0 Å². The van der Waals surface area contributed by atoms with Crippen LogP contribution in [0.2, 0.25) is 5.02 Å². The van der Waals surface area contributed by atoms with E-state index in [2.05, 4.69) is 116 Å². The van der Waals surface area contributed by atoms with E-state index < -0.39 is 5.82 Å². The van der Waals surface area contributed by atoms with Gasteiger partial charge in [-0.3, -0.25) is 4.68 Å². The molecular formula is C64H90ClF2N7. The molecule has 2 unspecified atom stereocenters. The van der Waals surface area contributed by atoms with Crippen LogP contribution in [0, 0.1) is 24.5 Å². The molecule has 74 heavy (non-hydrogen) atoms. The molecule has 5 aliphatic rings. The normalized spacial score (nSPS) is 22.4. The lowest BCUT2D eigenvalue weighted by molar-refractivity contribution is 0.0966. The summed E-state index contributed by atoms with van der Waals surface area (Å²) >= 11 is 6.48. The van der Waals surface area contributed by atoms with Crippen LogP contribution in [-0.4, -0.2) is 71.9 Å². The van der Waals surface area contributed by atoms with E-state index in [9.17, 15) is 4.39 Å². The number of nitrogens with two attached hydrogens (primary N) is 1. The van der Waals surface area contributed by atoms with Crippen molar-refractivity contribution in [3.8, 4) is 11.1 Å². The summed E-state index contributed by atoms with van der Waals surface area (Å²) in [6.07, 6.45) is 17.0. The summed E-state index contributed by atoms with van der Waals surface area (Å²) in [4.78, 5) is 5.23. The van der Waals surface area contributed by atoms with Crippen molar-refractivity contribution in [2.45, 2.75) is 161 Å². The molecule has 10 heteroatoms. The summed E-state index contributed by atoms with van der Waals surface area (Å²) in [5, 5.41) is 12.9. The van der Waals surface area contributed by atoms with Gasteiger partial charge in [0.05, 0.1) is 16.2 Å². The predicted octanol–water partition coefficient (Wildman–Crippen LogP) is 14.8. The molecule has 5 aromatic rings. The molecule has 10 rings (SSSR count). The smallest absolute Gasteiger partial charge is 0.142 e. The van der Waals surface area contributed by atoms with Crippen molar-refractivity contribution in [1.82, 2.24) is 30.2 Å². The minimum atomic E-state index is -0.475. The van der Waals surface area contributed by atoms with Crippen LogP contribution in [0.3, 0.4) is 0 Å². The maximum Gasteiger partial charge on any atom is 0.142 e. The molecule has 1 saturated carbocycles. The van der Waals surface area contributed by atoms with Gasteiger partial charge in [0.15, 0.2) is 0 Å². The molecular weight excluding hydrogens is 940 g/mol. The van der Waals surface area contributed by atoms with Crippen molar-refractivity contribution in [2.24, 2.45) is 18.7 Å². The number of fused-ring (bicyclic) bond motifs is 2. The third-order valence-electron chi connectivity index (χ3n) is 16.6. The molecule has 4 heterocycles. The second kappa shape index (κ2) is 27.3. The van der Waals surface area contributed by atoms with Crippen LogP contribution >= 0.6 is 11.6 Å². The number of rotatable bonds is 8. The maximum absolute atomic E-state index is 15.5. The van der Waals surface area contributed by atoms with Crippen molar-refractivity contribution in [2.75, 3.05) is 40.3 Å². The molecule has 3 saturated heterocycles. The minimum Gasteiger partial charge on any atom is -0.405 e. The summed E-state index contributed by atoms with van der Waals surface area (Å²) in [6.45, 7) is 28.9. The van der Waals surface area contributed by atoms with Crippen LogP contribution in [-0.2, 0) is 31.7 Å². The quantitative estimate of drug-likeness (QED) is 0.144. The molecule has 2 atom stereocenters. The van der Waals surface area contributed by atoms with E-state index in [1.807, 2.05) is 58.0 Å². The summed E-state index contributed by atoms with van der Waals surface area (Å²) in [5.41, 5.74) is 16.0. The van der Waals surface area contributed by atoms with E-state index in [4.69, 9.17) is 16.7 Å². The summed E-state index contributed by atoms with van der Waals surface area (Å²) in [5.74, 6) is 1.17. The first kappa shape index (κ1) is 58.5. The third-order valence-corrected chi connectivity index (χ3v) is 17.0. The average Bonchev–Trinajstić information content (AvgIpc) is 3.93. The molecule has 0 bridgehead atoms. The molecule has 4 fully saturated rings. The molecule has 2 aliphatic carbocycles. The Morgan fingerprint density at radius 2 is 1.54 bits per heavy atom. The number of halogens is 3. The molecule has 7 nitrogen and oxygen atoms in total. The Labute approximate surface area is 450 Å². The van der Waals surface area contributed by atoms with Crippen molar-refractivity contribution >= 4 is 22.5 Å². The molecule has 0 spiro atoms. The standard InChI is InChI=1S/C26H25ClF2.C26H37N5.C8H17N.C2H5N.C2H6/c1-4-8-17-12-11-16(2)22(25(17)29)23-20-15-26(3,19-9-6-5-7-10-19)14-18(20)13-21(28)24(23)27;1-18-5-7-23(19(2)27-18)26-24-8-6-21(17-25(24)30(4)28-26)20-9-15-31(16-10-20)22-11-13-29(3)14-12-22;1-7-3-5-8(9-2)6-4-7;1-2-3;1-2/h5-7,9-13H,4,8,14-15H2,1-3H3;6,8,17,20,22-23,27H,1-2,5,7,9-16H2,3-4H3;7-9H,3-6H2,1-2H3;2H,1,3H2;1-2H3. The molecule has 4 N–H and O–H groups in total. The summed E-state index contributed by atoms with van der Waals surface area (Å²) in [7, 11) is 6.40. The number of aryl methyl sites for hydroxylation is 3. The zero-order valence-electron chi connectivity index (χ0n) is 46.7. The first-order valence-corrected chi connectivity index (χ1v) is 28.3. The number of nitrogens with zero attached hydrogens (tertiary/aromatic N) is 4. The van der Waals surface area contributed by atoms with E-state index >= 15 is 4.39 Å². The number of aromatic nitrogens is 2. The number of likely N-dealkylation sites (tertiary alicyclic amines) is 2. The van der Waals surface area contributed by atoms with Crippen LogP contribution in [0.4, 0.5) is 8.78 Å². The summed E-state index contributed by atoms with van der Waals surface area (Å²) in [6, 6.07) is 24.2. The van der Waals surface area contributed by atoms with Gasteiger partial charge >= 0.3 is 0 Å². The Kier molecular flexibility index (Phi) is 21.6. The highest BCUT2D eigenvalue weighted by Crippen LogP contribution is 2.48. The van der Waals surface area contributed by atoms with Crippen molar-refractivity contribution in [3.63, 3.8) is 0 Å². The number of benzene rings is 4. The van der Waals surface area contributed by atoms with Crippen LogP contribution in [0.1, 0.15) is 156 Å². The lowest BCUT2D eigenvalue weighted by Crippen LogP contribution is -2.46. The Morgan fingerprint density at radius 1 is 0.878 bits per heavy atom. The zero-order chi connectivity index (χ0) is 53.7. The fourth-order valence-electron chi connectivity index (χ4n) is 12.2. The van der Waals surface area contributed by atoms with Crippen LogP contribution < -0.4 is 16.4 Å². The molecule has 4 aromatic carbocycles. The second-order valence-corrected chi connectivity index (χ2v) is 22.3. The van der Waals surface area contributed by atoms with Gasteiger partial charge in [-0.05, 0) is 194 Å². The lowest BCUT2D eigenvalue weighted by Gasteiger charge is -2.41. The zero-order valence-corrected chi connectivity index (χ0v) is 47.4. The first-order chi connectivity index (χ1) is 35.6. The van der Waals surface area contributed by atoms with Crippen LogP contribution in [0.5, 0.6) is 0 Å². The van der Waals surface area contributed by atoms with Gasteiger partial charge in [-0.1, -0.05) is 127 Å². The Hall–Kier alpha value is -4.80. The monoisotopic (exact) mass is 1030 g/mol. The fourth-order valence-corrected chi connectivity index (χ4v) is 12.5. The second-order valence-electron chi connectivity index (χ2n) is 21.9. The number of hydrogen-bond donors (Lipinski definition) is 3. The molecule has 3 aliphatic heterocycles. The van der Waals surface area contributed by atoms with Gasteiger partial charge in [0, 0.05) is 58.4 Å². The number of allylic oxidation sites excluding steroid dienone is 2. The topological polar surface area (TPSA) is 74.4 Å². The van der Waals surface area contributed by atoms with Gasteiger partial charge in [0.25, 0.3) is 0 Å². The average molecular weight is 1030 g/mol. The molecule has 0 amide bonds. The SMILES string of the molecule is C=C1CCC(c2nn(C)c3cc(C4CCN(C5CCN(C)CC5)CC4)ccc23)C(=C)N1.C=CN.CC.CCCc1ccc(C)c(-c2c(Cl)c(F)cc3c2CC(C)(c2ccccc2)C3)c1F.CNC1CCC(C)CC1. The number of piperidine rings is 3. The van der Waals surface area contributed by atoms with Crippen molar-refractivity contribution in [1.29, 1.82) is 0 Å². The van der Waals surface area contributed by atoms with Gasteiger partial charge in [-0.25, -0.2) is 8.78 Å². The van der Waals surface area contributed by atoms with E-state index in [0.29, 0.717) is 41.9 Å². The summed E-state index contributed by atoms with van der Waals surface area (Å²) < 4.78 is 32.4. The minimum absolute atomic E-state index is 0.0247. The Bertz CT molecular complexity index is 2640. The van der Waals surface area contributed by atoms with Gasteiger partial charge < -0.3 is 26.2 Å². The van der Waals surface area contributed by atoms with Crippen LogP contribution in [0.15, 0.2) is 104 Å². The van der Waals surface area contributed by atoms with Gasteiger partial charge in [0.1, 0.15) is 11.6 Å². The highest BCUT2D eigenvalue weighted by molar-refractivity contribution is 6.33. The highest BCUT2D eigenvalue weighted by Gasteiger charge is 2.38. The van der Waals surface area contributed by atoms with Gasteiger partial charge in [0.2, 0.25) is 0 Å². The Balaban J connectivity index is 0.000000192. The molecule has 402 valence electrons. The van der Waals surface area contributed by atoms with Crippen LogP contribution in [0.25, 0.3) is 22.0 Å². The molecule has 0 radical (unpaired) electrons. The largest absolute Gasteiger partial charge is 0.405 e. The van der Waals surface area contributed by atoms with E-state index in [1.54, 1.807) is 6.07 Å².